The van der Waals surface area contributed by atoms with Gasteiger partial charge in [-0.05, 0) is 66.5 Å². The van der Waals surface area contributed by atoms with E-state index in [1.807, 2.05) is 60.7 Å². The molecule has 0 heterocycles. The van der Waals surface area contributed by atoms with E-state index in [4.69, 9.17) is 18.9 Å². The first kappa shape index (κ1) is 33.8. The van der Waals surface area contributed by atoms with Crippen LogP contribution in [0.5, 0.6) is 0 Å². The predicted molar refractivity (Wildman–Crippen MR) is 151 cm³/mol. The molecule has 10 nitrogen and oxygen atoms in total. The van der Waals surface area contributed by atoms with Crippen molar-refractivity contribution in [1.29, 1.82) is 0 Å². The lowest BCUT2D eigenvalue weighted by atomic mass is 10.2. The number of esters is 2. The molecule has 0 fully saturated rings. The van der Waals surface area contributed by atoms with Gasteiger partial charge in [0.05, 0.1) is 0 Å². The quantitative estimate of drug-likeness (QED) is 0.259. The zero-order valence-electron chi connectivity index (χ0n) is 24.5. The normalized spacial score (nSPS) is 12.2. The molecule has 40 heavy (non-hydrogen) atoms. The van der Waals surface area contributed by atoms with Crippen LogP contribution in [0.2, 0.25) is 0 Å². The zero-order chi connectivity index (χ0) is 30.3. The van der Waals surface area contributed by atoms with Crippen LogP contribution in [0.1, 0.15) is 66.5 Å². The Kier molecular flexibility index (Phi) is 13.5. The Hall–Kier alpha value is -4.21. The summed E-state index contributed by atoms with van der Waals surface area (Å²) in [6.45, 7) is 13.7. The molecule has 218 valence electrons. The maximum absolute atomic E-state index is 11.7. The van der Waals surface area contributed by atoms with Crippen molar-refractivity contribution in [3.8, 4) is 0 Å². The minimum atomic E-state index is -0.799. The summed E-state index contributed by atoms with van der Waals surface area (Å²) in [5.41, 5.74) is 0.485. The number of carbonyl (C=O) groups excluding carboxylic acids is 4. The molecule has 0 saturated heterocycles. The fourth-order valence-corrected chi connectivity index (χ4v) is 2.69. The van der Waals surface area contributed by atoms with Crippen LogP contribution in [-0.4, -0.2) is 47.1 Å². The van der Waals surface area contributed by atoms with Gasteiger partial charge in [0, 0.05) is 0 Å². The minimum absolute atomic E-state index is 0.0322. The summed E-state index contributed by atoms with van der Waals surface area (Å²) in [6, 6.07) is 17.8. The number of nitrogens with zero attached hydrogens (tertiary/aromatic N) is 1. The number of aliphatic imine (C=N–C) groups is 1. The molecule has 2 aromatic carbocycles. The number of ether oxygens (including phenoxy) is 4. The van der Waals surface area contributed by atoms with E-state index in [1.54, 1.807) is 48.5 Å². The van der Waals surface area contributed by atoms with E-state index in [1.165, 1.54) is 6.92 Å². The van der Waals surface area contributed by atoms with Crippen molar-refractivity contribution in [3.05, 3.63) is 71.8 Å². The van der Waals surface area contributed by atoms with Crippen molar-refractivity contribution in [1.82, 2.24) is 5.32 Å². The molecule has 2 amide bonds. The molecular weight excluding hydrogens is 516 g/mol. The Bertz CT molecular complexity index is 1130. The molecule has 2 rings (SSSR count). The number of rotatable bonds is 7. The van der Waals surface area contributed by atoms with Crippen LogP contribution < -0.4 is 5.32 Å². The van der Waals surface area contributed by atoms with Crippen molar-refractivity contribution >= 4 is 29.8 Å². The Labute approximate surface area is 236 Å². The molecule has 0 bridgehead atoms. The summed E-state index contributed by atoms with van der Waals surface area (Å²) in [5, 5.41) is 2.44. The molecule has 0 aromatic heterocycles. The monoisotopic (exact) mass is 556 g/mol. The molecule has 0 saturated carbocycles. The van der Waals surface area contributed by atoms with Crippen molar-refractivity contribution in [2.75, 3.05) is 0 Å². The van der Waals surface area contributed by atoms with E-state index in [0.29, 0.717) is 0 Å². The first-order valence-electron chi connectivity index (χ1n) is 12.7. The maximum Gasteiger partial charge on any atom is 0.434 e. The van der Waals surface area contributed by atoms with E-state index in [-0.39, 0.29) is 18.9 Å². The van der Waals surface area contributed by atoms with E-state index in [9.17, 15) is 19.2 Å². The number of hydrogen-bond acceptors (Lipinski definition) is 8. The fourth-order valence-electron chi connectivity index (χ4n) is 2.69. The van der Waals surface area contributed by atoms with Gasteiger partial charge in [0.1, 0.15) is 36.2 Å². The van der Waals surface area contributed by atoms with E-state index in [0.717, 1.165) is 11.1 Å². The number of amides is 2. The molecule has 2 aromatic rings. The highest BCUT2D eigenvalue weighted by molar-refractivity contribution is 6.36. The summed E-state index contributed by atoms with van der Waals surface area (Å²) in [4.78, 5) is 49.9. The van der Waals surface area contributed by atoms with Crippen molar-refractivity contribution in [2.45, 2.75) is 85.8 Å². The van der Waals surface area contributed by atoms with Gasteiger partial charge in [0.15, 0.2) is 0 Å². The summed E-state index contributed by atoms with van der Waals surface area (Å²) in [6.07, 6.45) is -1.44. The lowest BCUT2D eigenvalue weighted by Crippen LogP contribution is -2.42. The summed E-state index contributed by atoms with van der Waals surface area (Å²) < 4.78 is 20.2. The minimum Gasteiger partial charge on any atom is -0.459 e. The third kappa shape index (κ3) is 15.9. The third-order valence-electron chi connectivity index (χ3n) is 4.47. The van der Waals surface area contributed by atoms with Crippen LogP contribution in [0.4, 0.5) is 9.59 Å². The van der Waals surface area contributed by atoms with Crippen LogP contribution in [-0.2, 0) is 41.8 Å². The second kappa shape index (κ2) is 16.0. The standard InChI is InChI=1S/C15H21NO4.C15H19NO4/c2*1-11(16-14(18)20-15(2,3)4)13(17)19-10-12-8-6-5-7-9-12/h5-9,11H,10H2,1-4H3,(H,16,18);5-9H,10H2,1-4H3. The number of alkyl carbamates (subject to hydrolysis) is 1. The second-order valence-electron chi connectivity index (χ2n) is 10.7. The molecule has 1 unspecified atom stereocenters. The van der Waals surface area contributed by atoms with Crippen molar-refractivity contribution in [2.24, 2.45) is 4.99 Å². The van der Waals surface area contributed by atoms with Gasteiger partial charge >= 0.3 is 24.1 Å². The maximum atomic E-state index is 11.7. The largest absolute Gasteiger partial charge is 0.459 e. The van der Waals surface area contributed by atoms with Crippen LogP contribution in [0, 0.1) is 0 Å². The van der Waals surface area contributed by atoms with Crippen LogP contribution in [0.15, 0.2) is 65.7 Å². The number of hydrogen-bond donors (Lipinski definition) is 1. The Morgan fingerprint density at radius 3 is 1.65 bits per heavy atom. The van der Waals surface area contributed by atoms with E-state index < -0.39 is 41.4 Å². The Morgan fingerprint density at radius 2 is 1.20 bits per heavy atom. The molecule has 0 aliphatic rings. The number of carbonyl (C=O) groups is 4. The summed E-state index contributed by atoms with van der Waals surface area (Å²) in [7, 11) is 0. The smallest absolute Gasteiger partial charge is 0.434 e. The summed E-state index contributed by atoms with van der Waals surface area (Å²) in [5.74, 6) is -1.14. The molecule has 1 atom stereocenters. The summed E-state index contributed by atoms with van der Waals surface area (Å²) >= 11 is 0. The highest BCUT2D eigenvalue weighted by atomic mass is 16.6. The van der Waals surface area contributed by atoms with Crippen molar-refractivity contribution < 1.29 is 38.1 Å². The van der Waals surface area contributed by atoms with Gasteiger partial charge in [-0.25, -0.2) is 19.2 Å². The molecule has 1 N–H and O–H groups in total. The number of nitrogens with one attached hydrogen (secondary N) is 1. The molecule has 0 spiro atoms. The first-order valence-corrected chi connectivity index (χ1v) is 12.7. The van der Waals surface area contributed by atoms with Gasteiger partial charge in [0.25, 0.3) is 0 Å². The molecule has 10 heteroatoms. The Balaban J connectivity index is 0.000000400. The van der Waals surface area contributed by atoms with Gasteiger partial charge in [0.2, 0.25) is 0 Å². The van der Waals surface area contributed by atoms with Gasteiger partial charge in [-0.2, -0.15) is 4.99 Å². The molecule has 0 radical (unpaired) electrons. The molecule has 0 aliphatic carbocycles. The zero-order valence-corrected chi connectivity index (χ0v) is 24.5. The van der Waals surface area contributed by atoms with Gasteiger partial charge < -0.3 is 24.3 Å². The Morgan fingerprint density at radius 1 is 0.750 bits per heavy atom. The SMILES string of the molecule is CC(=NC(=O)OC(C)(C)C)C(=O)OCc1ccccc1.CC(NC(=O)OC(C)(C)C)C(=O)OCc1ccccc1. The van der Waals surface area contributed by atoms with Crippen LogP contribution in [0.25, 0.3) is 0 Å². The molecular formula is C30H40N2O8. The van der Waals surface area contributed by atoms with Crippen LogP contribution in [0.3, 0.4) is 0 Å². The first-order chi connectivity index (χ1) is 18.6. The third-order valence-corrected chi connectivity index (χ3v) is 4.47. The highest BCUT2D eigenvalue weighted by Gasteiger charge is 2.22. The fraction of sp³-hybridized carbons (Fsp3) is 0.433. The molecule has 0 aliphatic heterocycles. The average Bonchev–Trinajstić information content (AvgIpc) is 2.85. The topological polar surface area (TPSA) is 130 Å². The van der Waals surface area contributed by atoms with E-state index in [2.05, 4.69) is 10.3 Å². The lowest BCUT2D eigenvalue weighted by molar-refractivity contribution is -0.147. The second-order valence-corrected chi connectivity index (χ2v) is 10.7. The van der Waals surface area contributed by atoms with E-state index >= 15 is 0 Å². The highest BCUT2D eigenvalue weighted by Crippen LogP contribution is 2.09. The lowest BCUT2D eigenvalue weighted by Gasteiger charge is -2.21. The predicted octanol–water partition coefficient (Wildman–Crippen LogP) is 5.77. The number of benzene rings is 2. The van der Waals surface area contributed by atoms with Gasteiger partial charge in [-0.15, -0.1) is 0 Å². The van der Waals surface area contributed by atoms with Gasteiger partial charge in [-0.3, -0.25) is 0 Å². The van der Waals surface area contributed by atoms with Crippen LogP contribution >= 0.6 is 0 Å². The average molecular weight is 557 g/mol. The van der Waals surface area contributed by atoms with Crippen molar-refractivity contribution in [3.63, 3.8) is 0 Å². The van der Waals surface area contributed by atoms with Gasteiger partial charge in [-0.1, -0.05) is 60.7 Å².